The van der Waals surface area contributed by atoms with Crippen LogP contribution in [0.2, 0.25) is 0 Å². The monoisotopic (exact) mass is 378 g/mol. The molecule has 0 aromatic heterocycles. The van der Waals surface area contributed by atoms with Gasteiger partial charge in [-0.3, -0.25) is 9.59 Å². The Labute approximate surface area is 155 Å². The number of hydrogen-bond donors (Lipinski definition) is 0. The Hall–Kier alpha value is -1.89. The van der Waals surface area contributed by atoms with Gasteiger partial charge in [0.15, 0.2) is 9.84 Å². The molecule has 0 spiro atoms. The van der Waals surface area contributed by atoms with Crippen LogP contribution in [0.3, 0.4) is 0 Å². The van der Waals surface area contributed by atoms with Crippen molar-refractivity contribution >= 4 is 27.3 Å². The Morgan fingerprint density at radius 2 is 2.00 bits per heavy atom. The Kier molecular flexibility index (Phi) is 5.65. The van der Waals surface area contributed by atoms with Gasteiger partial charge in [-0.15, -0.1) is 0 Å². The molecule has 142 valence electrons. The number of hydrogen-bond acceptors (Lipinski definition) is 4. The first-order chi connectivity index (χ1) is 12.4. The number of unbranched alkanes of at least 4 members (excludes halogenated alkanes) is 1. The average Bonchev–Trinajstić information content (AvgIpc) is 3.18. The van der Waals surface area contributed by atoms with Crippen molar-refractivity contribution in [3.63, 3.8) is 0 Å². The predicted molar refractivity (Wildman–Crippen MR) is 101 cm³/mol. The molecule has 2 heterocycles. The molecule has 2 unspecified atom stereocenters. The van der Waals surface area contributed by atoms with E-state index >= 15 is 0 Å². The normalized spacial score (nSPS) is 24.8. The average molecular weight is 378 g/mol. The molecule has 0 aliphatic carbocycles. The van der Waals surface area contributed by atoms with Crippen molar-refractivity contribution in [2.24, 2.45) is 5.92 Å². The second kappa shape index (κ2) is 7.78. The van der Waals surface area contributed by atoms with E-state index in [-0.39, 0.29) is 35.8 Å². The van der Waals surface area contributed by atoms with Crippen molar-refractivity contribution in [2.75, 3.05) is 29.5 Å². The van der Waals surface area contributed by atoms with Crippen molar-refractivity contribution in [3.8, 4) is 0 Å². The standard InChI is InChI=1S/C19H26N2O4S/c1-2-3-10-20(17-9-11-26(24,25)14-17)19(23)15-12-18(22)21(13-15)16-7-5-4-6-8-16/h4-8,15,17H,2-3,9-14H2,1H3. The molecular weight excluding hydrogens is 352 g/mol. The molecular formula is C19H26N2O4S. The first-order valence-corrected chi connectivity index (χ1v) is 11.1. The quantitative estimate of drug-likeness (QED) is 0.757. The smallest absolute Gasteiger partial charge is 0.228 e. The van der Waals surface area contributed by atoms with Crippen LogP contribution in [0.5, 0.6) is 0 Å². The molecule has 2 aliphatic rings. The van der Waals surface area contributed by atoms with Crippen LogP contribution in [0.1, 0.15) is 32.6 Å². The highest BCUT2D eigenvalue weighted by Gasteiger charge is 2.41. The van der Waals surface area contributed by atoms with E-state index in [1.54, 1.807) is 9.80 Å². The fourth-order valence-corrected chi connectivity index (χ4v) is 5.52. The van der Waals surface area contributed by atoms with Gasteiger partial charge in [0.1, 0.15) is 0 Å². The molecule has 26 heavy (non-hydrogen) atoms. The van der Waals surface area contributed by atoms with Crippen LogP contribution in [-0.4, -0.2) is 55.8 Å². The molecule has 1 aromatic carbocycles. The lowest BCUT2D eigenvalue weighted by atomic mass is 10.0. The number of carbonyl (C=O) groups excluding carboxylic acids is 2. The lowest BCUT2D eigenvalue weighted by Crippen LogP contribution is -2.45. The van der Waals surface area contributed by atoms with E-state index in [1.807, 2.05) is 37.3 Å². The second-order valence-electron chi connectivity index (χ2n) is 7.18. The summed E-state index contributed by atoms with van der Waals surface area (Å²) in [4.78, 5) is 28.9. The predicted octanol–water partition coefficient (Wildman–Crippen LogP) is 1.86. The van der Waals surface area contributed by atoms with E-state index in [1.165, 1.54) is 0 Å². The topological polar surface area (TPSA) is 74.8 Å². The fraction of sp³-hybridized carbons (Fsp3) is 0.579. The molecule has 0 bridgehead atoms. The Balaban J connectivity index is 1.74. The summed E-state index contributed by atoms with van der Waals surface area (Å²) < 4.78 is 23.7. The lowest BCUT2D eigenvalue weighted by Gasteiger charge is -2.30. The van der Waals surface area contributed by atoms with Gasteiger partial charge in [0.2, 0.25) is 11.8 Å². The third kappa shape index (κ3) is 4.09. The van der Waals surface area contributed by atoms with Crippen LogP contribution in [0.15, 0.2) is 30.3 Å². The summed E-state index contributed by atoms with van der Waals surface area (Å²) in [6, 6.07) is 9.11. The summed E-state index contributed by atoms with van der Waals surface area (Å²) in [6.45, 7) is 2.97. The molecule has 0 radical (unpaired) electrons. The lowest BCUT2D eigenvalue weighted by molar-refractivity contribution is -0.137. The van der Waals surface area contributed by atoms with Gasteiger partial charge in [0.25, 0.3) is 0 Å². The minimum atomic E-state index is -3.06. The molecule has 7 heteroatoms. The van der Waals surface area contributed by atoms with Gasteiger partial charge in [-0.1, -0.05) is 31.5 Å². The zero-order chi connectivity index (χ0) is 18.7. The van der Waals surface area contributed by atoms with Gasteiger partial charge in [-0.2, -0.15) is 0 Å². The van der Waals surface area contributed by atoms with Crippen LogP contribution >= 0.6 is 0 Å². The summed E-state index contributed by atoms with van der Waals surface area (Å²) in [5.41, 5.74) is 0.802. The number of sulfone groups is 1. The van der Waals surface area contributed by atoms with E-state index in [0.29, 0.717) is 19.5 Å². The third-order valence-corrected chi connectivity index (χ3v) is 6.98. The summed E-state index contributed by atoms with van der Waals surface area (Å²) in [6.07, 6.45) is 2.46. The van der Waals surface area contributed by atoms with Crippen LogP contribution in [0, 0.1) is 5.92 Å². The van der Waals surface area contributed by atoms with Gasteiger partial charge in [0.05, 0.1) is 17.4 Å². The van der Waals surface area contributed by atoms with Gasteiger partial charge in [0, 0.05) is 31.2 Å². The molecule has 0 N–H and O–H groups in total. The van der Waals surface area contributed by atoms with E-state index in [2.05, 4.69) is 0 Å². The largest absolute Gasteiger partial charge is 0.338 e. The fourth-order valence-electron chi connectivity index (χ4n) is 3.79. The minimum absolute atomic E-state index is 0.0471. The zero-order valence-corrected chi connectivity index (χ0v) is 16.0. The van der Waals surface area contributed by atoms with Gasteiger partial charge >= 0.3 is 0 Å². The first kappa shape index (κ1) is 18.9. The molecule has 3 rings (SSSR count). The maximum absolute atomic E-state index is 13.1. The van der Waals surface area contributed by atoms with Crippen molar-refractivity contribution in [1.29, 1.82) is 0 Å². The van der Waals surface area contributed by atoms with E-state index in [9.17, 15) is 18.0 Å². The summed E-state index contributed by atoms with van der Waals surface area (Å²) in [7, 11) is -3.06. The summed E-state index contributed by atoms with van der Waals surface area (Å²) in [5, 5.41) is 0. The number of nitrogens with zero attached hydrogens (tertiary/aromatic N) is 2. The Morgan fingerprint density at radius 3 is 2.62 bits per heavy atom. The maximum atomic E-state index is 13.1. The van der Waals surface area contributed by atoms with Crippen molar-refractivity contribution < 1.29 is 18.0 Å². The highest BCUT2D eigenvalue weighted by Crippen LogP contribution is 2.28. The molecule has 0 saturated carbocycles. The van der Waals surface area contributed by atoms with Crippen LogP contribution in [-0.2, 0) is 19.4 Å². The highest BCUT2D eigenvalue weighted by molar-refractivity contribution is 7.91. The zero-order valence-electron chi connectivity index (χ0n) is 15.1. The maximum Gasteiger partial charge on any atom is 0.228 e. The number of anilines is 1. The number of carbonyl (C=O) groups is 2. The Bertz CT molecular complexity index is 763. The van der Waals surface area contributed by atoms with Crippen molar-refractivity contribution in [1.82, 2.24) is 4.90 Å². The molecule has 2 fully saturated rings. The minimum Gasteiger partial charge on any atom is -0.338 e. The van der Waals surface area contributed by atoms with E-state index in [4.69, 9.17) is 0 Å². The molecule has 1 aromatic rings. The van der Waals surface area contributed by atoms with Crippen LogP contribution in [0.4, 0.5) is 5.69 Å². The number of rotatable bonds is 6. The van der Waals surface area contributed by atoms with Crippen molar-refractivity contribution in [2.45, 2.75) is 38.6 Å². The van der Waals surface area contributed by atoms with Crippen molar-refractivity contribution in [3.05, 3.63) is 30.3 Å². The van der Waals surface area contributed by atoms with Gasteiger partial charge in [-0.25, -0.2) is 8.42 Å². The molecule has 2 saturated heterocycles. The van der Waals surface area contributed by atoms with Gasteiger partial charge < -0.3 is 9.80 Å². The first-order valence-electron chi connectivity index (χ1n) is 9.27. The number of benzene rings is 1. The van der Waals surface area contributed by atoms with Crippen LogP contribution in [0.25, 0.3) is 0 Å². The highest BCUT2D eigenvalue weighted by atomic mass is 32.2. The second-order valence-corrected chi connectivity index (χ2v) is 9.41. The summed E-state index contributed by atoms with van der Waals surface area (Å²) in [5.74, 6) is -0.335. The molecule has 2 aliphatic heterocycles. The van der Waals surface area contributed by atoms with E-state index in [0.717, 1.165) is 18.5 Å². The number of amides is 2. The third-order valence-electron chi connectivity index (χ3n) is 5.23. The summed E-state index contributed by atoms with van der Waals surface area (Å²) >= 11 is 0. The molecule has 2 atom stereocenters. The SMILES string of the molecule is CCCCN(C(=O)C1CC(=O)N(c2ccccc2)C1)C1CCS(=O)(=O)C1. The van der Waals surface area contributed by atoms with E-state index < -0.39 is 15.8 Å². The Morgan fingerprint density at radius 1 is 1.27 bits per heavy atom. The molecule has 2 amide bonds. The van der Waals surface area contributed by atoms with Crippen LogP contribution < -0.4 is 4.90 Å². The molecule has 6 nitrogen and oxygen atoms in total. The van der Waals surface area contributed by atoms with Gasteiger partial charge in [-0.05, 0) is 25.0 Å². The number of para-hydroxylation sites is 1.